The third kappa shape index (κ3) is 2.61. The maximum Gasteiger partial charge on any atom is 0.406 e. The summed E-state index contributed by atoms with van der Waals surface area (Å²) in [5, 5.41) is 17.9. The van der Waals surface area contributed by atoms with E-state index in [-0.39, 0.29) is 29.2 Å². The van der Waals surface area contributed by atoms with Gasteiger partial charge in [0.1, 0.15) is 18.0 Å². The minimum Gasteiger partial charge on any atom is -0.506 e. The molecule has 3 aromatic rings. The number of benzene rings is 1. The Kier molecular flexibility index (Phi) is 3.53. The van der Waals surface area contributed by atoms with Crippen molar-refractivity contribution in [3.05, 3.63) is 52.4 Å². The maximum atomic E-state index is 13.0. The minimum atomic E-state index is -4.58. The van der Waals surface area contributed by atoms with Gasteiger partial charge < -0.3 is 5.11 Å². The number of aromatic hydroxyl groups is 1. The SMILES string of the molecule is O=c1c2c(c3ccc(-c4ncccc4O)cc3n1CC(F)(F)F)CN=N2. The molecule has 132 valence electrons. The Morgan fingerprint density at radius 3 is 2.77 bits per heavy atom. The van der Waals surface area contributed by atoms with Crippen LogP contribution in [0.3, 0.4) is 0 Å². The summed E-state index contributed by atoms with van der Waals surface area (Å²) >= 11 is 0. The van der Waals surface area contributed by atoms with Gasteiger partial charge in [-0.25, -0.2) is 0 Å². The van der Waals surface area contributed by atoms with Gasteiger partial charge in [-0.1, -0.05) is 12.1 Å². The molecule has 1 N–H and O–H groups in total. The van der Waals surface area contributed by atoms with Crippen molar-refractivity contribution in [2.75, 3.05) is 0 Å². The predicted molar refractivity (Wildman–Crippen MR) is 87.4 cm³/mol. The van der Waals surface area contributed by atoms with Crippen LogP contribution in [0.25, 0.3) is 22.2 Å². The zero-order chi connectivity index (χ0) is 18.5. The molecule has 0 fully saturated rings. The smallest absolute Gasteiger partial charge is 0.406 e. The summed E-state index contributed by atoms with van der Waals surface area (Å²) in [6.45, 7) is -1.30. The third-order valence-electron chi connectivity index (χ3n) is 4.14. The lowest BCUT2D eigenvalue weighted by Gasteiger charge is -2.16. The quantitative estimate of drug-likeness (QED) is 0.752. The highest BCUT2D eigenvalue weighted by atomic mass is 19.4. The number of fused-ring (bicyclic) bond motifs is 3. The van der Waals surface area contributed by atoms with E-state index < -0.39 is 18.3 Å². The van der Waals surface area contributed by atoms with Crippen LogP contribution in [-0.4, -0.2) is 20.8 Å². The molecule has 26 heavy (non-hydrogen) atoms. The Morgan fingerprint density at radius 1 is 1.23 bits per heavy atom. The maximum absolute atomic E-state index is 13.0. The van der Waals surface area contributed by atoms with Gasteiger partial charge >= 0.3 is 6.18 Å². The van der Waals surface area contributed by atoms with Gasteiger partial charge in [0.05, 0.1) is 12.1 Å². The fourth-order valence-corrected chi connectivity index (χ4v) is 3.05. The number of halogens is 3. The zero-order valence-corrected chi connectivity index (χ0v) is 13.2. The molecular weight excluding hydrogens is 349 g/mol. The molecule has 2 aromatic heterocycles. The number of hydrogen-bond donors (Lipinski definition) is 1. The topological polar surface area (TPSA) is 79.8 Å². The average molecular weight is 360 g/mol. The monoisotopic (exact) mass is 360 g/mol. The van der Waals surface area contributed by atoms with Gasteiger partial charge in [-0.05, 0) is 18.2 Å². The molecule has 0 amide bonds. The van der Waals surface area contributed by atoms with Gasteiger partial charge in [0.2, 0.25) is 0 Å². The lowest BCUT2D eigenvalue weighted by atomic mass is 10.0. The second kappa shape index (κ2) is 5.65. The Labute approximate surface area is 144 Å². The number of rotatable bonds is 2. The van der Waals surface area contributed by atoms with E-state index in [1.165, 1.54) is 24.4 Å². The second-order valence-electron chi connectivity index (χ2n) is 5.84. The highest BCUT2D eigenvalue weighted by Gasteiger charge is 2.31. The molecule has 3 heterocycles. The van der Waals surface area contributed by atoms with E-state index in [1.54, 1.807) is 12.1 Å². The van der Waals surface area contributed by atoms with Gasteiger partial charge in [-0.3, -0.25) is 14.3 Å². The minimum absolute atomic E-state index is 0.0600. The van der Waals surface area contributed by atoms with Crippen molar-refractivity contribution in [1.29, 1.82) is 0 Å². The first kappa shape index (κ1) is 16.2. The standard InChI is InChI=1S/C17H11F3N4O2/c18-17(19,20)8-24-12-6-9(14-13(25)2-1-5-21-14)3-4-10(12)11-7-22-23-15(11)16(24)26/h1-6,25H,7-8H2. The summed E-state index contributed by atoms with van der Waals surface area (Å²) in [5.41, 5.74) is 0.317. The number of aromatic nitrogens is 2. The first-order valence-corrected chi connectivity index (χ1v) is 7.63. The van der Waals surface area contributed by atoms with Gasteiger partial charge in [0.25, 0.3) is 5.56 Å². The van der Waals surface area contributed by atoms with Crippen LogP contribution in [0.1, 0.15) is 5.56 Å². The van der Waals surface area contributed by atoms with Crippen LogP contribution in [0.15, 0.2) is 51.6 Å². The summed E-state index contributed by atoms with van der Waals surface area (Å²) in [4.78, 5) is 16.6. The van der Waals surface area contributed by atoms with Gasteiger partial charge in [-0.15, -0.1) is 5.11 Å². The van der Waals surface area contributed by atoms with Crippen molar-refractivity contribution in [2.45, 2.75) is 19.3 Å². The molecule has 0 unspecified atom stereocenters. The molecular formula is C17H11F3N4O2. The van der Waals surface area contributed by atoms with E-state index in [2.05, 4.69) is 15.2 Å². The number of pyridine rings is 2. The Bertz CT molecular complexity index is 1120. The lowest BCUT2D eigenvalue weighted by molar-refractivity contribution is -0.140. The average Bonchev–Trinajstić information content (AvgIpc) is 3.08. The highest BCUT2D eigenvalue weighted by molar-refractivity contribution is 5.90. The van der Waals surface area contributed by atoms with Crippen LogP contribution in [0, 0.1) is 0 Å². The van der Waals surface area contributed by atoms with Crippen LogP contribution >= 0.6 is 0 Å². The fraction of sp³-hybridized carbons (Fsp3) is 0.176. The molecule has 0 saturated heterocycles. The number of alkyl halides is 3. The van der Waals surface area contributed by atoms with Crippen LogP contribution in [-0.2, 0) is 13.1 Å². The molecule has 4 rings (SSSR count). The van der Waals surface area contributed by atoms with Gasteiger partial charge in [0.15, 0.2) is 5.69 Å². The van der Waals surface area contributed by atoms with Crippen molar-refractivity contribution in [3.8, 4) is 17.0 Å². The van der Waals surface area contributed by atoms with E-state index in [0.717, 1.165) is 0 Å². The van der Waals surface area contributed by atoms with Gasteiger partial charge in [0, 0.05) is 22.7 Å². The molecule has 0 bridgehead atoms. The van der Waals surface area contributed by atoms with Gasteiger partial charge in [-0.2, -0.15) is 18.3 Å². The third-order valence-corrected chi connectivity index (χ3v) is 4.14. The number of hydrogen-bond acceptors (Lipinski definition) is 5. The van der Waals surface area contributed by atoms with Crippen LogP contribution in [0.5, 0.6) is 5.75 Å². The Morgan fingerprint density at radius 2 is 2.04 bits per heavy atom. The van der Waals surface area contributed by atoms with Crippen molar-refractivity contribution in [1.82, 2.24) is 9.55 Å². The fourth-order valence-electron chi connectivity index (χ4n) is 3.05. The summed E-state index contributed by atoms with van der Waals surface area (Å²) in [5.74, 6) is -0.109. The summed E-state index contributed by atoms with van der Waals surface area (Å²) < 4.78 is 39.7. The number of azo groups is 1. The first-order chi connectivity index (χ1) is 12.3. The van der Waals surface area contributed by atoms with Crippen LogP contribution < -0.4 is 5.56 Å². The Balaban J connectivity index is 2.03. The molecule has 0 atom stereocenters. The predicted octanol–water partition coefficient (Wildman–Crippen LogP) is 3.93. The largest absolute Gasteiger partial charge is 0.506 e. The highest BCUT2D eigenvalue weighted by Crippen LogP contribution is 2.35. The molecule has 0 spiro atoms. The summed E-state index contributed by atoms with van der Waals surface area (Å²) in [7, 11) is 0. The van der Waals surface area contributed by atoms with Crippen LogP contribution in [0.4, 0.5) is 18.9 Å². The van der Waals surface area contributed by atoms with E-state index in [0.29, 0.717) is 21.1 Å². The summed E-state index contributed by atoms with van der Waals surface area (Å²) in [6, 6.07) is 7.61. The lowest BCUT2D eigenvalue weighted by Crippen LogP contribution is -2.28. The van der Waals surface area contributed by atoms with E-state index >= 15 is 0 Å². The molecule has 6 nitrogen and oxygen atoms in total. The van der Waals surface area contributed by atoms with Crippen molar-refractivity contribution >= 4 is 16.6 Å². The zero-order valence-electron chi connectivity index (χ0n) is 13.2. The normalized spacial score (nSPS) is 13.3. The summed E-state index contributed by atoms with van der Waals surface area (Å²) in [6.07, 6.45) is -3.12. The van der Waals surface area contributed by atoms with Crippen LogP contribution in [0.2, 0.25) is 0 Å². The van der Waals surface area contributed by atoms with Crippen molar-refractivity contribution in [3.63, 3.8) is 0 Å². The number of nitrogens with zero attached hydrogens (tertiary/aromatic N) is 4. The molecule has 0 aliphatic carbocycles. The second-order valence-corrected chi connectivity index (χ2v) is 5.84. The van der Waals surface area contributed by atoms with E-state index in [4.69, 9.17) is 0 Å². The van der Waals surface area contributed by atoms with E-state index in [1.807, 2.05) is 0 Å². The Hall–Kier alpha value is -3.23. The molecule has 0 radical (unpaired) electrons. The molecule has 1 aromatic carbocycles. The molecule has 1 aliphatic rings. The van der Waals surface area contributed by atoms with Crippen molar-refractivity contribution < 1.29 is 18.3 Å². The molecule has 1 aliphatic heterocycles. The van der Waals surface area contributed by atoms with Crippen molar-refractivity contribution in [2.24, 2.45) is 10.2 Å². The first-order valence-electron chi connectivity index (χ1n) is 7.63. The van der Waals surface area contributed by atoms with E-state index in [9.17, 15) is 23.1 Å². The molecule has 0 saturated carbocycles. The molecule has 9 heteroatoms.